The van der Waals surface area contributed by atoms with Crippen LogP contribution in [0.5, 0.6) is 0 Å². The quantitative estimate of drug-likeness (QED) is 0.492. The van der Waals surface area contributed by atoms with Crippen LogP contribution < -0.4 is 16.4 Å². The van der Waals surface area contributed by atoms with Crippen molar-refractivity contribution in [3.8, 4) is 0 Å². The van der Waals surface area contributed by atoms with Crippen molar-refractivity contribution in [2.24, 2.45) is 5.73 Å². The van der Waals surface area contributed by atoms with Crippen molar-refractivity contribution >= 4 is 17.9 Å². The third kappa shape index (κ3) is 5.00. The van der Waals surface area contributed by atoms with Gasteiger partial charge in [-0.1, -0.05) is 0 Å². The van der Waals surface area contributed by atoms with Gasteiger partial charge in [0.2, 0.25) is 5.91 Å². The molecule has 0 aromatic heterocycles. The molecule has 8 heteroatoms. The molecular formula is C10H17N3O5. The Kier molecular flexibility index (Phi) is 5.37. The largest absolute Gasteiger partial charge is 0.480 e. The van der Waals surface area contributed by atoms with Crippen LogP contribution in [-0.4, -0.2) is 48.3 Å². The van der Waals surface area contributed by atoms with Crippen molar-refractivity contribution in [3.63, 3.8) is 0 Å². The maximum Gasteiger partial charge on any atom is 0.326 e. The number of urea groups is 1. The Hall–Kier alpha value is -1.83. The summed E-state index contributed by atoms with van der Waals surface area (Å²) in [6, 6.07) is -2.09. The summed E-state index contributed by atoms with van der Waals surface area (Å²) in [5, 5.41) is 13.6. The van der Waals surface area contributed by atoms with E-state index in [1.165, 1.54) is 0 Å². The number of amides is 3. The monoisotopic (exact) mass is 259 g/mol. The maximum absolute atomic E-state index is 11.5. The molecule has 0 bridgehead atoms. The van der Waals surface area contributed by atoms with Gasteiger partial charge in [-0.3, -0.25) is 4.79 Å². The van der Waals surface area contributed by atoms with Crippen molar-refractivity contribution in [1.82, 2.24) is 10.6 Å². The molecule has 3 amide bonds. The number of primary amides is 1. The fourth-order valence-corrected chi connectivity index (χ4v) is 1.64. The van der Waals surface area contributed by atoms with E-state index in [9.17, 15) is 14.4 Å². The minimum Gasteiger partial charge on any atom is -0.480 e. The number of carbonyl (C=O) groups excluding carboxylic acids is 2. The minimum absolute atomic E-state index is 0.137. The minimum atomic E-state index is -1.31. The number of nitrogens with two attached hydrogens (primary N) is 1. The molecule has 8 nitrogen and oxygen atoms in total. The molecular weight excluding hydrogens is 242 g/mol. The van der Waals surface area contributed by atoms with Gasteiger partial charge >= 0.3 is 12.0 Å². The number of nitrogens with one attached hydrogen (secondary N) is 2. The first-order chi connectivity index (χ1) is 8.49. The number of carboxylic acids is 1. The SMILES string of the molecule is NC(=O)C[C@@H](NC(=O)NC1CCCOC1)C(=O)O. The molecule has 0 saturated carbocycles. The number of ether oxygens (including phenoxy) is 1. The Morgan fingerprint density at radius 3 is 2.67 bits per heavy atom. The number of hydrogen-bond acceptors (Lipinski definition) is 4. The van der Waals surface area contributed by atoms with Crippen molar-refractivity contribution in [2.75, 3.05) is 13.2 Å². The molecule has 0 aromatic carbocycles. The van der Waals surface area contributed by atoms with Gasteiger partial charge in [0.25, 0.3) is 0 Å². The summed E-state index contributed by atoms with van der Waals surface area (Å²) >= 11 is 0. The van der Waals surface area contributed by atoms with Crippen LogP contribution >= 0.6 is 0 Å². The van der Waals surface area contributed by atoms with Crippen LogP contribution in [0.1, 0.15) is 19.3 Å². The first-order valence-electron chi connectivity index (χ1n) is 5.65. The van der Waals surface area contributed by atoms with E-state index in [-0.39, 0.29) is 6.04 Å². The summed E-state index contributed by atoms with van der Waals surface area (Å²) in [6.07, 6.45) is 1.18. The second kappa shape index (κ2) is 6.80. The van der Waals surface area contributed by atoms with Crippen LogP contribution in [0, 0.1) is 0 Å². The molecule has 1 saturated heterocycles. The smallest absolute Gasteiger partial charge is 0.326 e. The van der Waals surface area contributed by atoms with Gasteiger partial charge in [0, 0.05) is 6.61 Å². The summed E-state index contributed by atoms with van der Waals surface area (Å²) < 4.78 is 5.17. The predicted molar refractivity (Wildman–Crippen MR) is 60.7 cm³/mol. The molecule has 0 spiro atoms. The van der Waals surface area contributed by atoms with Crippen molar-refractivity contribution in [2.45, 2.75) is 31.3 Å². The van der Waals surface area contributed by atoms with E-state index in [0.29, 0.717) is 13.2 Å². The molecule has 1 rings (SSSR count). The van der Waals surface area contributed by atoms with Gasteiger partial charge in [0.1, 0.15) is 6.04 Å². The molecule has 0 radical (unpaired) electrons. The van der Waals surface area contributed by atoms with E-state index in [2.05, 4.69) is 10.6 Å². The van der Waals surface area contributed by atoms with E-state index in [0.717, 1.165) is 12.8 Å². The first-order valence-corrected chi connectivity index (χ1v) is 5.65. The lowest BCUT2D eigenvalue weighted by Gasteiger charge is -2.24. The Bertz CT molecular complexity index is 327. The van der Waals surface area contributed by atoms with Crippen molar-refractivity contribution in [1.29, 1.82) is 0 Å². The molecule has 5 N–H and O–H groups in total. The second-order valence-electron chi connectivity index (χ2n) is 4.09. The van der Waals surface area contributed by atoms with Gasteiger partial charge in [-0.05, 0) is 12.8 Å². The van der Waals surface area contributed by atoms with Gasteiger partial charge in [0.15, 0.2) is 0 Å². The lowest BCUT2D eigenvalue weighted by Crippen LogP contribution is -2.51. The highest BCUT2D eigenvalue weighted by Gasteiger charge is 2.23. The van der Waals surface area contributed by atoms with Crippen LogP contribution in [0.25, 0.3) is 0 Å². The Labute approximate surface area is 104 Å². The highest BCUT2D eigenvalue weighted by Crippen LogP contribution is 2.05. The van der Waals surface area contributed by atoms with Crippen molar-refractivity contribution < 1.29 is 24.2 Å². The Morgan fingerprint density at radius 2 is 2.17 bits per heavy atom. The molecule has 1 fully saturated rings. The molecule has 2 atom stereocenters. The average molecular weight is 259 g/mol. The zero-order chi connectivity index (χ0) is 13.5. The van der Waals surface area contributed by atoms with E-state index in [1.54, 1.807) is 0 Å². The van der Waals surface area contributed by atoms with E-state index in [1.807, 2.05) is 0 Å². The molecule has 1 heterocycles. The first kappa shape index (κ1) is 14.2. The summed E-state index contributed by atoms with van der Waals surface area (Å²) in [4.78, 5) is 33.0. The van der Waals surface area contributed by atoms with Gasteiger partial charge in [0.05, 0.1) is 19.1 Å². The molecule has 0 aliphatic carbocycles. The van der Waals surface area contributed by atoms with Gasteiger partial charge in [-0.2, -0.15) is 0 Å². The normalized spacial score (nSPS) is 20.8. The number of hydrogen-bond donors (Lipinski definition) is 4. The molecule has 102 valence electrons. The zero-order valence-electron chi connectivity index (χ0n) is 9.85. The fraction of sp³-hybridized carbons (Fsp3) is 0.700. The number of rotatable bonds is 5. The lowest BCUT2D eigenvalue weighted by molar-refractivity contribution is -0.140. The van der Waals surface area contributed by atoms with Gasteiger partial charge in [-0.15, -0.1) is 0 Å². The average Bonchev–Trinajstić information content (AvgIpc) is 2.28. The van der Waals surface area contributed by atoms with E-state index in [4.69, 9.17) is 15.6 Å². The fourth-order valence-electron chi connectivity index (χ4n) is 1.64. The molecule has 0 aromatic rings. The number of carbonyl (C=O) groups is 3. The highest BCUT2D eigenvalue weighted by molar-refractivity contribution is 5.87. The molecule has 1 aliphatic heterocycles. The van der Waals surface area contributed by atoms with Crippen LogP contribution in [0.2, 0.25) is 0 Å². The predicted octanol–water partition coefficient (Wildman–Crippen LogP) is -1.21. The van der Waals surface area contributed by atoms with E-state index < -0.39 is 30.4 Å². The highest BCUT2D eigenvalue weighted by atomic mass is 16.5. The van der Waals surface area contributed by atoms with Crippen LogP contribution in [-0.2, 0) is 14.3 Å². The standard InChI is InChI=1S/C10H17N3O5/c11-8(14)4-7(9(15)16)13-10(17)12-6-2-1-3-18-5-6/h6-7H,1-5H2,(H2,11,14)(H,15,16)(H2,12,13,17)/t6?,7-/m1/s1. The molecule has 1 unspecified atom stereocenters. The Morgan fingerprint density at radius 1 is 1.44 bits per heavy atom. The zero-order valence-corrected chi connectivity index (χ0v) is 9.85. The molecule has 18 heavy (non-hydrogen) atoms. The summed E-state index contributed by atoms with van der Waals surface area (Å²) in [5.41, 5.74) is 4.90. The lowest BCUT2D eigenvalue weighted by atomic mass is 10.1. The van der Waals surface area contributed by atoms with Crippen LogP contribution in [0.4, 0.5) is 4.79 Å². The van der Waals surface area contributed by atoms with Gasteiger partial charge in [-0.25, -0.2) is 9.59 Å². The number of carboxylic acid groups (broad SMARTS) is 1. The summed E-state index contributed by atoms with van der Waals surface area (Å²) in [7, 11) is 0. The maximum atomic E-state index is 11.5. The second-order valence-corrected chi connectivity index (χ2v) is 4.09. The van der Waals surface area contributed by atoms with Crippen LogP contribution in [0.15, 0.2) is 0 Å². The number of aliphatic carboxylic acids is 1. The van der Waals surface area contributed by atoms with Crippen LogP contribution in [0.3, 0.4) is 0 Å². The van der Waals surface area contributed by atoms with E-state index >= 15 is 0 Å². The Balaban J connectivity index is 2.40. The molecule has 1 aliphatic rings. The summed E-state index contributed by atoms with van der Waals surface area (Å²) in [6.45, 7) is 1.07. The van der Waals surface area contributed by atoms with Crippen molar-refractivity contribution in [3.05, 3.63) is 0 Å². The topological polar surface area (TPSA) is 131 Å². The third-order valence-corrected chi connectivity index (χ3v) is 2.50. The third-order valence-electron chi connectivity index (χ3n) is 2.50. The summed E-state index contributed by atoms with van der Waals surface area (Å²) in [5.74, 6) is -2.09. The van der Waals surface area contributed by atoms with Gasteiger partial charge < -0.3 is 26.2 Å².